The molecule has 5 aromatic heterocycles. The van der Waals surface area contributed by atoms with Crippen LogP contribution in [0.25, 0.3) is 38.5 Å². The Morgan fingerprint density at radius 1 is 1.29 bits per heavy atom. The van der Waals surface area contributed by atoms with Crippen LogP contribution in [0.3, 0.4) is 0 Å². The fourth-order valence-corrected chi connectivity index (χ4v) is 6.10. The first-order valence-corrected chi connectivity index (χ1v) is 13.2. The summed E-state index contributed by atoms with van der Waals surface area (Å²) < 4.78 is 26.9. The Morgan fingerprint density at radius 3 is 2.83 bits per heavy atom. The lowest BCUT2D eigenvalue weighted by atomic mass is 9.87. The SMILES string of the molecule is Cc1ccc(-c2nc3cnc4[nH]ccc4c3n2-c2cnn(C3(CC#N)CN(C(C)[SH](=O)=O)C3)c2)s1. The molecule has 1 fully saturated rings. The van der Waals surface area contributed by atoms with Gasteiger partial charge in [-0.2, -0.15) is 10.4 Å². The Hall–Kier alpha value is -3.53. The summed E-state index contributed by atoms with van der Waals surface area (Å²) in [6.07, 6.45) is 7.58. The van der Waals surface area contributed by atoms with E-state index >= 15 is 0 Å². The molecule has 0 aliphatic carbocycles. The molecule has 0 aromatic carbocycles. The highest BCUT2D eigenvalue weighted by Gasteiger charge is 2.47. The number of thiophene rings is 1. The van der Waals surface area contributed by atoms with Crippen molar-refractivity contribution in [2.24, 2.45) is 0 Å². The summed E-state index contributed by atoms with van der Waals surface area (Å²) in [4.78, 5) is 16.7. The molecule has 10 nitrogen and oxygen atoms in total. The minimum absolute atomic E-state index is 0.237. The molecule has 6 heterocycles. The van der Waals surface area contributed by atoms with E-state index in [-0.39, 0.29) is 6.42 Å². The molecule has 0 spiro atoms. The molecule has 12 heteroatoms. The Balaban J connectivity index is 1.50. The zero-order valence-electron chi connectivity index (χ0n) is 19.0. The lowest BCUT2D eigenvalue weighted by Crippen LogP contribution is -2.65. The fourth-order valence-electron chi connectivity index (χ4n) is 4.82. The minimum atomic E-state index is -2.57. The molecule has 5 aromatic rings. The Labute approximate surface area is 206 Å². The molecule has 1 aliphatic rings. The van der Waals surface area contributed by atoms with Crippen LogP contribution in [0.5, 0.6) is 0 Å². The molecular weight excluding hydrogens is 484 g/mol. The number of likely N-dealkylation sites (tertiary alicyclic amines) is 1. The second kappa shape index (κ2) is 8.01. The van der Waals surface area contributed by atoms with Crippen molar-refractivity contribution in [2.45, 2.75) is 31.2 Å². The molecule has 0 saturated carbocycles. The first-order chi connectivity index (χ1) is 16.9. The minimum Gasteiger partial charge on any atom is -0.346 e. The molecule has 1 unspecified atom stereocenters. The highest BCUT2D eigenvalue weighted by atomic mass is 32.2. The average molecular weight is 507 g/mol. The van der Waals surface area contributed by atoms with Gasteiger partial charge in [-0.3, -0.25) is 14.1 Å². The van der Waals surface area contributed by atoms with Crippen LogP contribution < -0.4 is 0 Å². The predicted molar refractivity (Wildman–Crippen MR) is 134 cm³/mol. The number of nitriles is 1. The van der Waals surface area contributed by atoms with Gasteiger partial charge in [-0.05, 0) is 32.0 Å². The summed E-state index contributed by atoms with van der Waals surface area (Å²) in [5, 5.41) is 14.6. The van der Waals surface area contributed by atoms with Crippen LogP contribution in [0.15, 0.2) is 43.0 Å². The van der Waals surface area contributed by atoms with Crippen molar-refractivity contribution in [3.8, 4) is 22.5 Å². The van der Waals surface area contributed by atoms with Crippen molar-refractivity contribution in [3.63, 3.8) is 0 Å². The van der Waals surface area contributed by atoms with Crippen molar-refractivity contribution in [1.29, 1.82) is 5.26 Å². The third-order valence-electron chi connectivity index (χ3n) is 6.71. The molecule has 0 radical (unpaired) electrons. The van der Waals surface area contributed by atoms with Crippen LogP contribution in [0.4, 0.5) is 0 Å². The number of aromatic amines is 1. The van der Waals surface area contributed by atoms with Crippen molar-refractivity contribution >= 4 is 44.1 Å². The number of imidazole rings is 1. The Bertz CT molecular complexity index is 1690. The van der Waals surface area contributed by atoms with E-state index < -0.39 is 21.6 Å². The average Bonchev–Trinajstić information content (AvgIpc) is 3.59. The number of nitrogens with one attached hydrogen (secondary N) is 1. The largest absolute Gasteiger partial charge is 0.346 e. The van der Waals surface area contributed by atoms with E-state index in [1.54, 1.807) is 30.7 Å². The number of hydrogen-bond donors (Lipinski definition) is 2. The zero-order valence-corrected chi connectivity index (χ0v) is 20.8. The molecule has 178 valence electrons. The number of aromatic nitrogens is 6. The van der Waals surface area contributed by atoms with Crippen LogP contribution in [-0.4, -0.2) is 61.1 Å². The van der Waals surface area contributed by atoms with Gasteiger partial charge in [0.25, 0.3) is 0 Å². The van der Waals surface area contributed by atoms with Gasteiger partial charge in [-0.1, -0.05) is 0 Å². The van der Waals surface area contributed by atoms with Crippen LogP contribution in [-0.2, 0) is 16.2 Å². The molecule has 0 bridgehead atoms. The lowest BCUT2D eigenvalue weighted by Gasteiger charge is -2.50. The summed E-state index contributed by atoms with van der Waals surface area (Å²) in [6, 6.07) is 8.39. The zero-order chi connectivity index (χ0) is 24.3. The van der Waals surface area contributed by atoms with E-state index in [2.05, 4.69) is 44.8 Å². The number of hydrogen-bond acceptors (Lipinski definition) is 8. The topological polar surface area (TPSA) is 125 Å². The highest BCUT2D eigenvalue weighted by molar-refractivity contribution is 7.73. The van der Waals surface area contributed by atoms with Crippen LogP contribution in [0.1, 0.15) is 18.2 Å². The molecule has 1 saturated heterocycles. The normalized spacial score (nSPS) is 16.6. The molecular formula is C23H22N8O2S2. The molecule has 0 amide bonds. The van der Waals surface area contributed by atoms with Gasteiger partial charge in [0.2, 0.25) is 0 Å². The van der Waals surface area contributed by atoms with Gasteiger partial charge in [0, 0.05) is 35.7 Å². The third kappa shape index (κ3) is 3.38. The van der Waals surface area contributed by atoms with Gasteiger partial charge in [0.1, 0.15) is 22.1 Å². The van der Waals surface area contributed by atoms with Gasteiger partial charge in [0.15, 0.2) is 16.5 Å². The van der Waals surface area contributed by atoms with E-state index in [0.717, 1.165) is 38.5 Å². The Kier molecular flexibility index (Phi) is 5.03. The van der Waals surface area contributed by atoms with Gasteiger partial charge in [0.05, 0.1) is 41.0 Å². The third-order valence-corrected chi connectivity index (χ3v) is 8.64. The molecule has 1 aliphatic heterocycles. The number of pyridine rings is 1. The van der Waals surface area contributed by atoms with Gasteiger partial charge < -0.3 is 4.98 Å². The second-order valence-electron chi connectivity index (χ2n) is 8.94. The Morgan fingerprint density at radius 2 is 2.11 bits per heavy atom. The number of rotatable bonds is 6. The van der Waals surface area contributed by atoms with E-state index in [1.165, 1.54) is 4.88 Å². The molecule has 6 rings (SSSR count). The number of nitrogens with zero attached hydrogens (tertiary/aromatic N) is 7. The van der Waals surface area contributed by atoms with Crippen LogP contribution in [0.2, 0.25) is 0 Å². The van der Waals surface area contributed by atoms with Gasteiger partial charge >= 0.3 is 0 Å². The number of aryl methyl sites for hydroxylation is 1. The number of thiol groups is 1. The molecule has 1 atom stereocenters. The fraction of sp³-hybridized carbons (Fsp3) is 0.304. The first kappa shape index (κ1) is 22.0. The monoisotopic (exact) mass is 506 g/mol. The quantitative estimate of drug-likeness (QED) is 0.339. The van der Waals surface area contributed by atoms with Crippen molar-refractivity contribution in [3.05, 3.63) is 47.9 Å². The summed E-state index contributed by atoms with van der Waals surface area (Å²) >= 11 is 1.67. The van der Waals surface area contributed by atoms with Gasteiger partial charge in [-0.15, -0.1) is 11.3 Å². The summed E-state index contributed by atoms with van der Waals surface area (Å²) in [5.41, 5.74) is 2.73. The summed E-state index contributed by atoms with van der Waals surface area (Å²) in [6.45, 7) is 4.62. The second-order valence-corrected chi connectivity index (χ2v) is 11.5. The maximum Gasteiger partial charge on any atom is 0.156 e. The predicted octanol–water partition coefficient (Wildman–Crippen LogP) is 3.02. The van der Waals surface area contributed by atoms with E-state index in [0.29, 0.717) is 13.1 Å². The maximum atomic E-state index is 11.5. The first-order valence-electron chi connectivity index (χ1n) is 11.1. The maximum absolute atomic E-state index is 11.5. The van der Waals surface area contributed by atoms with Crippen molar-refractivity contribution < 1.29 is 8.42 Å². The van der Waals surface area contributed by atoms with Crippen molar-refractivity contribution in [2.75, 3.05) is 13.1 Å². The number of H-pyrrole nitrogens is 1. The lowest BCUT2D eigenvalue weighted by molar-refractivity contribution is -0.000700. The molecule has 35 heavy (non-hydrogen) atoms. The highest BCUT2D eigenvalue weighted by Crippen LogP contribution is 2.37. The van der Waals surface area contributed by atoms with Crippen LogP contribution in [0, 0.1) is 18.3 Å². The van der Waals surface area contributed by atoms with Gasteiger partial charge in [-0.25, -0.2) is 18.4 Å². The van der Waals surface area contributed by atoms with E-state index in [1.807, 2.05) is 28.0 Å². The summed E-state index contributed by atoms with van der Waals surface area (Å²) in [5.74, 6) is 0.801. The summed E-state index contributed by atoms with van der Waals surface area (Å²) in [7, 11) is -2.57. The standard InChI is InChI=1S/C23H22N8O2S2/c1-14-3-4-19(34-14)22-28-18-10-26-21-17(5-8-25-21)20(18)31(22)16-9-27-30(11-16)23(6-7-24)12-29(13-23)15(2)35(32)33/h3-5,8-11,15,35H,6,12-13H2,1-2H3,(H,25,26). The number of fused-ring (bicyclic) bond motifs is 3. The van der Waals surface area contributed by atoms with E-state index in [9.17, 15) is 13.7 Å². The molecule has 1 N–H and O–H groups in total. The van der Waals surface area contributed by atoms with E-state index in [4.69, 9.17) is 4.98 Å². The van der Waals surface area contributed by atoms with Crippen molar-refractivity contribution in [1.82, 2.24) is 34.2 Å². The van der Waals surface area contributed by atoms with Crippen LogP contribution >= 0.6 is 11.3 Å². The smallest absolute Gasteiger partial charge is 0.156 e.